The molecule has 0 radical (unpaired) electrons. The van der Waals surface area contributed by atoms with Crippen LogP contribution in [0.4, 0.5) is 5.82 Å². The molecule has 0 unspecified atom stereocenters. The lowest BCUT2D eigenvalue weighted by molar-refractivity contribution is -0.0654. The smallest absolute Gasteiger partial charge is 0.129 e. The summed E-state index contributed by atoms with van der Waals surface area (Å²) in [6, 6.07) is 4.33. The Morgan fingerprint density at radius 3 is 3.12 bits per heavy atom. The van der Waals surface area contributed by atoms with E-state index >= 15 is 0 Å². The third-order valence-corrected chi connectivity index (χ3v) is 3.12. The van der Waals surface area contributed by atoms with Gasteiger partial charge < -0.3 is 10.5 Å². The minimum Gasteiger partial charge on any atom is -0.370 e. The molecule has 4 nitrogen and oxygen atoms in total. The normalized spacial score (nSPS) is 14.5. The van der Waals surface area contributed by atoms with Gasteiger partial charge in [0.05, 0.1) is 0 Å². The fourth-order valence-corrected chi connectivity index (χ4v) is 2.15. The van der Waals surface area contributed by atoms with Crippen LogP contribution in [0, 0.1) is 0 Å². The third-order valence-electron chi connectivity index (χ3n) is 3.12. The van der Waals surface area contributed by atoms with E-state index in [4.69, 9.17) is 5.21 Å². The number of nitrogens with zero attached hydrogens (tertiary/aromatic N) is 2. The highest BCUT2D eigenvalue weighted by Crippen LogP contribution is 2.20. The zero-order chi connectivity index (χ0) is 12.1. The van der Waals surface area contributed by atoms with Gasteiger partial charge in [0, 0.05) is 25.8 Å². The van der Waals surface area contributed by atoms with E-state index in [1.807, 2.05) is 0 Å². The van der Waals surface area contributed by atoms with Crippen molar-refractivity contribution < 1.29 is 5.21 Å². The monoisotopic (exact) mass is 235 g/mol. The number of fused-ring (bicyclic) bond motifs is 1. The van der Waals surface area contributed by atoms with Crippen LogP contribution in [0.15, 0.2) is 12.1 Å². The van der Waals surface area contributed by atoms with E-state index in [2.05, 4.69) is 22.4 Å². The number of anilines is 1. The summed E-state index contributed by atoms with van der Waals surface area (Å²) in [5.74, 6) is 1.08. The predicted molar refractivity (Wildman–Crippen MR) is 68.4 cm³/mol. The number of hydrogen-bond acceptors (Lipinski definition) is 4. The number of aryl methyl sites for hydroxylation is 2. The summed E-state index contributed by atoms with van der Waals surface area (Å²) in [7, 11) is 1.68. The minimum absolute atomic E-state index is 0.725. The Bertz CT molecular complexity index is 366. The van der Waals surface area contributed by atoms with Gasteiger partial charge in [-0.3, -0.25) is 0 Å². The maximum absolute atomic E-state index is 9.02. The first-order chi connectivity index (χ1) is 8.25. The summed E-state index contributed by atoms with van der Waals surface area (Å²) < 4.78 is 0. The van der Waals surface area contributed by atoms with Gasteiger partial charge >= 0.3 is 0 Å². The quantitative estimate of drug-likeness (QED) is 0.606. The van der Waals surface area contributed by atoms with Crippen molar-refractivity contribution in [2.75, 3.05) is 25.5 Å². The molecule has 17 heavy (non-hydrogen) atoms. The summed E-state index contributed by atoms with van der Waals surface area (Å²) in [6.07, 6.45) is 5.40. The zero-order valence-electron chi connectivity index (χ0n) is 10.4. The maximum atomic E-state index is 9.02. The summed E-state index contributed by atoms with van der Waals surface area (Å²) in [6.45, 7) is 1.77. The third kappa shape index (κ3) is 3.68. The molecule has 0 aromatic carbocycles. The Morgan fingerprint density at radius 1 is 1.41 bits per heavy atom. The van der Waals surface area contributed by atoms with Crippen LogP contribution in [0.1, 0.15) is 30.5 Å². The number of pyridine rings is 1. The van der Waals surface area contributed by atoms with Crippen molar-refractivity contribution >= 4 is 5.82 Å². The minimum atomic E-state index is 0.725. The van der Waals surface area contributed by atoms with Gasteiger partial charge in [0.1, 0.15) is 5.82 Å². The molecule has 94 valence electrons. The lowest BCUT2D eigenvalue weighted by atomic mass is 10.1. The van der Waals surface area contributed by atoms with Crippen LogP contribution in [-0.4, -0.2) is 35.4 Å². The first kappa shape index (κ1) is 12.3. The molecule has 0 saturated heterocycles. The van der Waals surface area contributed by atoms with Crippen molar-refractivity contribution in [3.8, 4) is 0 Å². The van der Waals surface area contributed by atoms with E-state index in [1.54, 1.807) is 7.05 Å². The number of rotatable bonds is 5. The standard InChI is InChI=1S/C13H21N3O/c1-16(17)10-3-2-6-12-8-7-11-5-4-9-14-13(11)15-12/h7-8,17H,2-6,9-10H2,1H3,(H,14,15). The molecule has 1 aliphatic rings. The van der Waals surface area contributed by atoms with Crippen LogP contribution in [0.25, 0.3) is 0 Å². The Hall–Kier alpha value is -1.13. The average molecular weight is 235 g/mol. The van der Waals surface area contributed by atoms with E-state index in [9.17, 15) is 0 Å². The van der Waals surface area contributed by atoms with E-state index in [-0.39, 0.29) is 0 Å². The second-order valence-electron chi connectivity index (χ2n) is 4.68. The van der Waals surface area contributed by atoms with E-state index in [0.717, 1.165) is 50.3 Å². The van der Waals surface area contributed by atoms with Crippen molar-refractivity contribution in [3.63, 3.8) is 0 Å². The number of hydrogen-bond donors (Lipinski definition) is 2. The molecule has 1 aromatic heterocycles. The van der Waals surface area contributed by atoms with Gasteiger partial charge in [0.25, 0.3) is 0 Å². The molecule has 1 aromatic rings. The molecule has 1 aliphatic heterocycles. The molecule has 0 bridgehead atoms. The van der Waals surface area contributed by atoms with Crippen molar-refractivity contribution in [3.05, 3.63) is 23.4 Å². The maximum Gasteiger partial charge on any atom is 0.129 e. The average Bonchev–Trinajstić information content (AvgIpc) is 2.34. The van der Waals surface area contributed by atoms with Gasteiger partial charge in [-0.1, -0.05) is 6.07 Å². The van der Waals surface area contributed by atoms with Gasteiger partial charge in [-0.25, -0.2) is 4.98 Å². The molecule has 2 N–H and O–H groups in total. The number of aromatic nitrogens is 1. The molecule has 0 saturated carbocycles. The van der Waals surface area contributed by atoms with Gasteiger partial charge in [-0.05, 0) is 43.7 Å². The van der Waals surface area contributed by atoms with Crippen molar-refractivity contribution in [2.45, 2.75) is 32.1 Å². The first-order valence-electron chi connectivity index (χ1n) is 6.38. The van der Waals surface area contributed by atoms with Crippen molar-refractivity contribution in [1.29, 1.82) is 0 Å². The van der Waals surface area contributed by atoms with E-state index in [1.165, 1.54) is 17.0 Å². The summed E-state index contributed by atoms with van der Waals surface area (Å²) in [4.78, 5) is 4.64. The van der Waals surface area contributed by atoms with Gasteiger partial charge in [0.15, 0.2) is 0 Å². The number of nitrogens with one attached hydrogen (secondary N) is 1. The highest BCUT2D eigenvalue weighted by atomic mass is 16.5. The van der Waals surface area contributed by atoms with Crippen LogP contribution >= 0.6 is 0 Å². The molecule has 0 aliphatic carbocycles. The second-order valence-corrected chi connectivity index (χ2v) is 4.68. The number of hydroxylamine groups is 2. The highest BCUT2D eigenvalue weighted by molar-refractivity contribution is 5.46. The van der Waals surface area contributed by atoms with E-state index < -0.39 is 0 Å². The van der Waals surface area contributed by atoms with Crippen LogP contribution in [0.3, 0.4) is 0 Å². The molecule has 2 rings (SSSR count). The largest absolute Gasteiger partial charge is 0.370 e. The molecular weight excluding hydrogens is 214 g/mol. The fraction of sp³-hybridized carbons (Fsp3) is 0.615. The lowest BCUT2D eigenvalue weighted by Gasteiger charge is -2.17. The Labute approximate surface area is 103 Å². The predicted octanol–water partition coefficient (Wildman–Crippen LogP) is 2.08. The Morgan fingerprint density at radius 2 is 2.29 bits per heavy atom. The molecule has 2 heterocycles. The molecule has 0 spiro atoms. The van der Waals surface area contributed by atoms with Crippen molar-refractivity contribution in [2.24, 2.45) is 0 Å². The molecule has 0 atom stereocenters. The van der Waals surface area contributed by atoms with Crippen LogP contribution in [-0.2, 0) is 12.8 Å². The second kappa shape index (κ2) is 5.98. The Kier molecular flexibility index (Phi) is 4.34. The summed E-state index contributed by atoms with van der Waals surface area (Å²) >= 11 is 0. The molecule has 0 fully saturated rings. The van der Waals surface area contributed by atoms with Crippen LogP contribution in [0.2, 0.25) is 0 Å². The molecular formula is C13H21N3O. The lowest BCUT2D eigenvalue weighted by Crippen LogP contribution is -2.15. The molecule has 0 amide bonds. The van der Waals surface area contributed by atoms with Gasteiger partial charge in [0.2, 0.25) is 0 Å². The van der Waals surface area contributed by atoms with Gasteiger partial charge in [-0.2, -0.15) is 5.06 Å². The van der Waals surface area contributed by atoms with Crippen LogP contribution < -0.4 is 5.32 Å². The van der Waals surface area contributed by atoms with Crippen LogP contribution in [0.5, 0.6) is 0 Å². The fourth-order valence-electron chi connectivity index (χ4n) is 2.15. The molecule has 4 heteroatoms. The topological polar surface area (TPSA) is 48.4 Å². The van der Waals surface area contributed by atoms with Gasteiger partial charge in [-0.15, -0.1) is 0 Å². The van der Waals surface area contributed by atoms with E-state index in [0.29, 0.717) is 0 Å². The summed E-state index contributed by atoms with van der Waals surface area (Å²) in [5.41, 5.74) is 2.49. The zero-order valence-corrected chi connectivity index (χ0v) is 10.4. The Balaban J connectivity index is 1.85. The number of unbranched alkanes of at least 4 members (excludes halogenated alkanes) is 1. The van der Waals surface area contributed by atoms with Crippen molar-refractivity contribution in [1.82, 2.24) is 10.0 Å². The first-order valence-corrected chi connectivity index (χ1v) is 6.38. The summed E-state index contributed by atoms with van der Waals surface area (Å²) in [5, 5.41) is 13.6. The highest BCUT2D eigenvalue weighted by Gasteiger charge is 2.09. The SMILES string of the molecule is CN(O)CCCCc1ccc2c(n1)NCCC2.